The fourth-order valence-corrected chi connectivity index (χ4v) is 4.44. The topological polar surface area (TPSA) is 12.0 Å². The van der Waals surface area contributed by atoms with Gasteiger partial charge in [-0.3, -0.25) is 0 Å². The summed E-state index contributed by atoms with van der Waals surface area (Å²) in [6.07, 6.45) is 5.21. The first-order chi connectivity index (χ1) is 9.78. The lowest BCUT2D eigenvalue weighted by Crippen LogP contribution is -2.22. The maximum absolute atomic E-state index is 3.64. The zero-order chi connectivity index (χ0) is 13.9. The standard InChI is InChI=1S/C17H20INS/c1-2-19-17(15-10-16(18)20-11-15)14-8-7-12-5-3-4-6-13(12)9-14/h7-11,17,19H,2-6H2,1H3. The van der Waals surface area contributed by atoms with E-state index in [1.807, 2.05) is 11.3 Å². The molecule has 2 aromatic rings. The first kappa shape index (κ1) is 14.5. The van der Waals surface area contributed by atoms with Crippen molar-refractivity contribution in [2.75, 3.05) is 6.54 Å². The van der Waals surface area contributed by atoms with Gasteiger partial charge in [0.1, 0.15) is 0 Å². The largest absolute Gasteiger partial charge is 0.307 e. The highest BCUT2D eigenvalue weighted by Gasteiger charge is 2.17. The molecule has 0 radical (unpaired) electrons. The summed E-state index contributed by atoms with van der Waals surface area (Å²) in [5.74, 6) is 0. The van der Waals surface area contributed by atoms with Crippen molar-refractivity contribution < 1.29 is 0 Å². The minimum Gasteiger partial charge on any atom is -0.307 e. The van der Waals surface area contributed by atoms with Crippen molar-refractivity contribution in [1.29, 1.82) is 0 Å². The highest BCUT2D eigenvalue weighted by Crippen LogP contribution is 2.30. The highest BCUT2D eigenvalue weighted by atomic mass is 127. The van der Waals surface area contributed by atoms with Crippen LogP contribution in [0.2, 0.25) is 0 Å². The minimum absolute atomic E-state index is 0.340. The monoisotopic (exact) mass is 397 g/mol. The molecule has 0 fully saturated rings. The maximum atomic E-state index is 3.64. The first-order valence-electron chi connectivity index (χ1n) is 7.37. The van der Waals surface area contributed by atoms with Gasteiger partial charge in [-0.2, -0.15) is 0 Å². The summed E-state index contributed by atoms with van der Waals surface area (Å²) < 4.78 is 1.36. The third-order valence-corrected chi connectivity index (χ3v) is 5.84. The van der Waals surface area contributed by atoms with Crippen molar-refractivity contribution in [3.05, 3.63) is 54.8 Å². The summed E-state index contributed by atoms with van der Waals surface area (Å²) in [5.41, 5.74) is 5.95. The Kier molecular flexibility index (Phi) is 4.79. The predicted octanol–water partition coefficient (Wildman–Crippen LogP) is 4.93. The Hall–Kier alpha value is -0.390. The normalized spacial score (nSPS) is 15.9. The molecule has 1 nitrogen and oxygen atoms in total. The van der Waals surface area contributed by atoms with Crippen molar-refractivity contribution in [1.82, 2.24) is 5.32 Å². The summed E-state index contributed by atoms with van der Waals surface area (Å²) in [6, 6.07) is 9.75. The molecule has 106 valence electrons. The fraction of sp³-hybridized carbons (Fsp3) is 0.412. The summed E-state index contributed by atoms with van der Waals surface area (Å²) in [4.78, 5) is 0. The van der Waals surface area contributed by atoms with E-state index in [9.17, 15) is 0 Å². The van der Waals surface area contributed by atoms with Crippen LogP contribution in [0.1, 0.15) is 48.1 Å². The van der Waals surface area contributed by atoms with E-state index in [1.54, 1.807) is 11.1 Å². The molecule has 0 aliphatic heterocycles. The van der Waals surface area contributed by atoms with E-state index in [0.717, 1.165) is 6.54 Å². The SMILES string of the molecule is CCNC(c1csc(I)c1)c1ccc2c(c1)CCCC2. The lowest BCUT2D eigenvalue weighted by molar-refractivity contribution is 0.627. The van der Waals surface area contributed by atoms with Gasteiger partial charge in [0.25, 0.3) is 0 Å². The van der Waals surface area contributed by atoms with Gasteiger partial charge in [-0.1, -0.05) is 25.1 Å². The molecular formula is C17H20INS. The van der Waals surface area contributed by atoms with Crippen molar-refractivity contribution in [3.8, 4) is 0 Å². The molecule has 1 heterocycles. The number of nitrogens with one attached hydrogen (secondary N) is 1. The quantitative estimate of drug-likeness (QED) is 0.722. The Bertz CT molecular complexity index is 590. The number of benzene rings is 1. The molecule has 1 aromatic heterocycles. The van der Waals surface area contributed by atoms with Gasteiger partial charge in [0.05, 0.1) is 8.93 Å². The Morgan fingerprint density at radius 1 is 1.15 bits per heavy atom. The van der Waals surface area contributed by atoms with Crippen LogP contribution < -0.4 is 5.32 Å². The molecule has 3 heteroatoms. The van der Waals surface area contributed by atoms with Crippen LogP contribution in [-0.2, 0) is 12.8 Å². The van der Waals surface area contributed by atoms with Gasteiger partial charge in [0.15, 0.2) is 0 Å². The van der Waals surface area contributed by atoms with Crippen molar-refractivity contribution in [2.45, 2.75) is 38.6 Å². The number of thiophene rings is 1. The molecule has 0 spiro atoms. The van der Waals surface area contributed by atoms with Gasteiger partial charge in [-0.05, 0) is 88.5 Å². The first-order valence-corrected chi connectivity index (χ1v) is 9.33. The molecule has 1 aliphatic carbocycles. The van der Waals surface area contributed by atoms with E-state index in [2.05, 4.69) is 64.5 Å². The second kappa shape index (κ2) is 6.58. The van der Waals surface area contributed by atoms with Crippen LogP contribution in [0.5, 0.6) is 0 Å². The average molecular weight is 397 g/mol. The van der Waals surface area contributed by atoms with Gasteiger partial charge in [-0.15, -0.1) is 11.3 Å². The van der Waals surface area contributed by atoms with E-state index in [0.29, 0.717) is 6.04 Å². The van der Waals surface area contributed by atoms with Crippen LogP contribution in [-0.4, -0.2) is 6.54 Å². The van der Waals surface area contributed by atoms with E-state index < -0.39 is 0 Å². The predicted molar refractivity (Wildman–Crippen MR) is 95.6 cm³/mol. The van der Waals surface area contributed by atoms with Crippen LogP contribution in [0.4, 0.5) is 0 Å². The molecule has 0 bridgehead atoms. The number of hydrogen-bond donors (Lipinski definition) is 1. The third kappa shape index (κ3) is 3.10. The van der Waals surface area contributed by atoms with E-state index in [1.165, 1.54) is 39.7 Å². The minimum atomic E-state index is 0.340. The second-order valence-electron chi connectivity index (χ2n) is 5.41. The van der Waals surface area contributed by atoms with Gasteiger partial charge in [0, 0.05) is 0 Å². The molecule has 3 rings (SSSR count). The third-order valence-electron chi connectivity index (χ3n) is 4.04. The number of hydrogen-bond acceptors (Lipinski definition) is 2. The summed E-state index contributed by atoms with van der Waals surface area (Å²) in [5, 5.41) is 5.92. The number of fused-ring (bicyclic) bond motifs is 1. The Morgan fingerprint density at radius 2 is 1.95 bits per heavy atom. The fourth-order valence-electron chi connectivity index (χ4n) is 3.04. The van der Waals surface area contributed by atoms with E-state index in [-0.39, 0.29) is 0 Å². The Morgan fingerprint density at radius 3 is 2.65 bits per heavy atom. The van der Waals surface area contributed by atoms with Crippen LogP contribution in [0.25, 0.3) is 0 Å². The summed E-state index contributed by atoms with van der Waals surface area (Å²) in [7, 11) is 0. The maximum Gasteiger partial charge on any atom is 0.0656 e. The van der Waals surface area contributed by atoms with Gasteiger partial charge in [0.2, 0.25) is 0 Å². The molecule has 0 amide bonds. The summed E-state index contributed by atoms with van der Waals surface area (Å²) >= 11 is 4.24. The smallest absolute Gasteiger partial charge is 0.0656 e. The van der Waals surface area contributed by atoms with Crippen LogP contribution in [0.3, 0.4) is 0 Å². The van der Waals surface area contributed by atoms with Crippen LogP contribution >= 0.6 is 33.9 Å². The van der Waals surface area contributed by atoms with Crippen LogP contribution in [0, 0.1) is 2.88 Å². The van der Waals surface area contributed by atoms with Crippen molar-refractivity contribution in [3.63, 3.8) is 0 Å². The molecule has 1 aliphatic rings. The molecule has 1 N–H and O–H groups in total. The molecule has 1 aromatic carbocycles. The Labute approximate surface area is 138 Å². The number of rotatable bonds is 4. The lowest BCUT2D eigenvalue weighted by atomic mass is 9.88. The van der Waals surface area contributed by atoms with E-state index in [4.69, 9.17) is 0 Å². The zero-order valence-corrected chi connectivity index (χ0v) is 14.8. The van der Waals surface area contributed by atoms with Gasteiger partial charge in [-0.25, -0.2) is 0 Å². The molecule has 20 heavy (non-hydrogen) atoms. The molecule has 1 unspecified atom stereocenters. The number of aryl methyl sites for hydroxylation is 2. The van der Waals surface area contributed by atoms with Crippen LogP contribution in [0.15, 0.2) is 29.6 Å². The zero-order valence-electron chi connectivity index (χ0n) is 11.8. The van der Waals surface area contributed by atoms with Gasteiger partial charge < -0.3 is 5.32 Å². The van der Waals surface area contributed by atoms with Gasteiger partial charge >= 0.3 is 0 Å². The van der Waals surface area contributed by atoms with Crippen molar-refractivity contribution >= 4 is 33.9 Å². The van der Waals surface area contributed by atoms with Crippen molar-refractivity contribution in [2.24, 2.45) is 0 Å². The molecular weight excluding hydrogens is 377 g/mol. The summed E-state index contributed by atoms with van der Waals surface area (Å²) in [6.45, 7) is 3.18. The average Bonchev–Trinajstić information content (AvgIpc) is 2.90. The highest BCUT2D eigenvalue weighted by molar-refractivity contribution is 14.1. The second-order valence-corrected chi connectivity index (χ2v) is 8.22. The lowest BCUT2D eigenvalue weighted by Gasteiger charge is -2.21. The Balaban J connectivity index is 1.95. The van der Waals surface area contributed by atoms with E-state index >= 15 is 0 Å². The number of halogens is 1. The molecule has 0 saturated carbocycles. The molecule has 1 atom stereocenters. The molecule has 0 saturated heterocycles.